The van der Waals surface area contributed by atoms with Crippen molar-refractivity contribution in [2.45, 2.75) is 4.90 Å². The van der Waals surface area contributed by atoms with Gasteiger partial charge in [-0.25, -0.2) is 4.39 Å². The molecular weight excluding hydrogens is 349 g/mol. The van der Waals surface area contributed by atoms with E-state index in [4.69, 9.17) is 10.00 Å². The second-order valence-electron chi connectivity index (χ2n) is 4.65. The van der Waals surface area contributed by atoms with Gasteiger partial charge in [0.15, 0.2) is 18.2 Å². The minimum Gasteiger partial charge on any atom is -0.481 e. The molecule has 0 bridgehead atoms. The van der Waals surface area contributed by atoms with Gasteiger partial charge in [0.2, 0.25) is 0 Å². The molecule has 0 fully saturated rings. The second kappa shape index (κ2) is 8.65. The summed E-state index contributed by atoms with van der Waals surface area (Å²) in [4.78, 5) is 22.5. The Hall–Kier alpha value is -3.12. The van der Waals surface area contributed by atoms with Crippen molar-refractivity contribution < 1.29 is 18.8 Å². The zero-order valence-corrected chi connectivity index (χ0v) is 13.6. The lowest BCUT2D eigenvalue weighted by Gasteiger charge is -2.11. The Morgan fingerprint density at radius 2 is 2.12 bits per heavy atom. The average Bonchev–Trinajstić information content (AvgIpc) is 2.59. The number of nitrogens with one attached hydrogen (secondary N) is 1. The highest BCUT2D eigenvalue weighted by molar-refractivity contribution is 7.99. The van der Waals surface area contributed by atoms with Gasteiger partial charge >= 0.3 is 0 Å². The molecular formula is C16H12FN3O4S. The molecule has 9 heteroatoms. The molecule has 1 amide bonds. The van der Waals surface area contributed by atoms with Crippen LogP contribution in [0.2, 0.25) is 0 Å². The van der Waals surface area contributed by atoms with Crippen molar-refractivity contribution in [1.29, 1.82) is 5.26 Å². The van der Waals surface area contributed by atoms with Crippen LogP contribution in [-0.2, 0) is 4.79 Å². The fourth-order valence-corrected chi connectivity index (χ4v) is 2.53. The summed E-state index contributed by atoms with van der Waals surface area (Å²) in [7, 11) is 0. The summed E-state index contributed by atoms with van der Waals surface area (Å²) in [5.41, 5.74) is 0.110. The molecule has 7 nitrogen and oxygen atoms in total. The van der Waals surface area contributed by atoms with Gasteiger partial charge in [0.05, 0.1) is 28.5 Å². The summed E-state index contributed by atoms with van der Waals surface area (Å²) >= 11 is 1.27. The number of halogens is 1. The van der Waals surface area contributed by atoms with E-state index in [1.807, 2.05) is 6.07 Å². The molecule has 0 atom stereocenters. The maximum atomic E-state index is 13.7. The predicted molar refractivity (Wildman–Crippen MR) is 90.0 cm³/mol. The van der Waals surface area contributed by atoms with Gasteiger partial charge in [-0.05, 0) is 18.2 Å². The third kappa shape index (κ3) is 5.19. The highest BCUT2D eigenvalue weighted by atomic mass is 32.2. The lowest BCUT2D eigenvalue weighted by Crippen LogP contribution is -2.20. The Morgan fingerprint density at radius 3 is 2.80 bits per heavy atom. The fraction of sp³-hybridized carbons (Fsp3) is 0.125. The highest BCUT2D eigenvalue weighted by Gasteiger charge is 2.13. The van der Waals surface area contributed by atoms with Crippen LogP contribution < -0.4 is 10.1 Å². The van der Waals surface area contributed by atoms with Crippen LogP contribution in [0, 0.1) is 27.3 Å². The van der Waals surface area contributed by atoms with Gasteiger partial charge < -0.3 is 10.1 Å². The van der Waals surface area contributed by atoms with Crippen LogP contribution in [0.15, 0.2) is 47.4 Å². The van der Waals surface area contributed by atoms with Crippen molar-refractivity contribution in [2.24, 2.45) is 0 Å². The summed E-state index contributed by atoms with van der Waals surface area (Å²) in [6.45, 7) is -0.466. The van der Waals surface area contributed by atoms with E-state index in [2.05, 4.69) is 5.32 Å². The smallest absolute Gasteiger partial charge is 0.272 e. The minimum atomic E-state index is -0.924. The van der Waals surface area contributed by atoms with Gasteiger partial charge in [-0.2, -0.15) is 5.26 Å². The van der Waals surface area contributed by atoms with Crippen molar-refractivity contribution in [3.63, 3.8) is 0 Å². The van der Waals surface area contributed by atoms with Crippen LogP contribution in [0.5, 0.6) is 5.75 Å². The highest BCUT2D eigenvalue weighted by Crippen LogP contribution is 2.27. The quantitative estimate of drug-likeness (QED) is 0.460. The SMILES string of the molecule is N#CCSc1ccccc1NC(=O)COc1ccc([N+](=O)[O-])cc1F. The molecule has 0 aliphatic carbocycles. The van der Waals surface area contributed by atoms with Crippen molar-refractivity contribution in [1.82, 2.24) is 0 Å². The summed E-state index contributed by atoms with van der Waals surface area (Å²) in [5, 5.41) is 21.8. The maximum Gasteiger partial charge on any atom is 0.272 e. The largest absolute Gasteiger partial charge is 0.481 e. The van der Waals surface area contributed by atoms with Crippen molar-refractivity contribution in [3.8, 4) is 11.8 Å². The van der Waals surface area contributed by atoms with Crippen LogP contribution in [-0.4, -0.2) is 23.2 Å². The molecule has 0 saturated carbocycles. The van der Waals surface area contributed by atoms with Gasteiger partial charge in [-0.1, -0.05) is 12.1 Å². The van der Waals surface area contributed by atoms with Crippen LogP contribution in [0.25, 0.3) is 0 Å². The molecule has 0 saturated heterocycles. The van der Waals surface area contributed by atoms with Crippen LogP contribution >= 0.6 is 11.8 Å². The number of nitrogens with zero attached hydrogens (tertiary/aromatic N) is 2. The number of carbonyl (C=O) groups excluding carboxylic acids is 1. The number of hydrogen-bond acceptors (Lipinski definition) is 6. The first kappa shape index (κ1) is 18.2. The summed E-state index contributed by atoms with van der Waals surface area (Å²) in [6.07, 6.45) is 0. The van der Waals surface area contributed by atoms with Gasteiger partial charge in [0.1, 0.15) is 0 Å². The summed E-state index contributed by atoms with van der Waals surface area (Å²) in [5.74, 6) is -1.47. The van der Waals surface area contributed by atoms with E-state index < -0.39 is 28.9 Å². The molecule has 0 spiro atoms. The van der Waals surface area contributed by atoms with Gasteiger partial charge in [0.25, 0.3) is 11.6 Å². The van der Waals surface area contributed by atoms with Crippen molar-refractivity contribution >= 4 is 29.0 Å². The van der Waals surface area contributed by atoms with Crippen LogP contribution in [0.4, 0.5) is 15.8 Å². The minimum absolute atomic E-state index is 0.234. The predicted octanol–water partition coefficient (Wildman–Crippen LogP) is 3.37. The number of benzene rings is 2. The number of amides is 1. The van der Waals surface area contributed by atoms with Gasteiger partial charge in [0, 0.05) is 11.0 Å². The van der Waals surface area contributed by atoms with Gasteiger partial charge in [-0.15, -0.1) is 11.8 Å². The molecule has 0 aromatic heterocycles. The zero-order chi connectivity index (χ0) is 18.2. The molecule has 2 rings (SSSR count). The molecule has 0 heterocycles. The number of ether oxygens (including phenoxy) is 1. The van der Waals surface area contributed by atoms with E-state index in [0.29, 0.717) is 5.69 Å². The monoisotopic (exact) mass is 361 g/mol. The standard InChI is InChI=1S/C16H12FN3O4S/c17-12-9-11(20(22)23)5-6-14(12)24-10-16(21)19-13-3-1-2-4-15(13)25-8-7-18/h1-6,9H,8,10H2,(H,19,21). The van der Waals surface area contributed by atoms with E-state index in [1.165, 1.54) is 11.8 Å². The second-order valence-corrected chi connectivity index (χ2v) is 5.67. The van der Waals surface area contributed by atoms with E-state index in [0.717, 1.165) is 23.1 Å². The Kier molecular flexibility index (Phi) is 6.31. The summed E-state index contributed by atoms with van der Waals surface area (Å²) in [6, 6.07) is 11.8. The zero-order valence-electron chi connectivity index (χ0n) is 12.8. The number of hydrogen-bond donors (Lipinski definition) is 1. The molecule has 2 aromatic rings. The maximum absolute atomic E-state index is 13.7. The number of thioether (sulfide) groups is 1. The van der Waals surface area contributed by atoms with Crippen LogP contribution in [0.3, 0.4) is 0 Å². The molecule has 0 unspecified atom stereocenters. The number of non-ortho nitro benzene ring substituents is 1. The molecule has 2 aromatic carbocycles. The van der Waals surface area contributed by atoms with E-state index in [1.54, 1.807) is 24.3 Å². The molecule has 128 valence electrons. The fourth-order valence-electron chi connectivity index (χ4n) is 1.86. The van der Waals surface area contributed by atoms with Crippen LogP contribution in [0.1, 0.15) is 0 Å². The number of carbonyl (C=O) groups is 1. The van der Waals surface area contributed by atoms with Gasteiger partial charge in [-0.3, -0.25) is 14.9 Å². The number of rotatable bonds is 7. The van der Waals surface area contributed by atoms with E-state index in [-0.39, 0.29) is 11.5 Å². The third-order valence-electron chi connectivity index (χ3n) is 2.94. The number of nitro benzene ring substituents is 1. The lowest BCUT2D eigenvalue weighted by molar-refractivity contribution is -0.385. The molecule has 0 radical (unpaired) electrons. The first-order valence-corrected chi connectivity index (χ1v) is 7.95. The number of nitro groups is 1. The van der Waals surface area contributed by atoms with E-state index in [9.17, 15) is 19.3 Å². The normalized spacial score (nSPS) is 9.92. The molecule has 1 N–H and O–H groups in total. The number of anilines is 1. The topological polar surface area (TPSA) is 105 Å². The molecule has 25 heavy (non-hydrogen) atoms. The average molecular weight is 361 g/mol. The van der Waals surface area contributed by atoms with E-state index >= 15 is 0 Å². The number of nitriles is 1. The first-order valence-electron chi connectivity index (χ1n) is 6.96. The molecule has 0 aliphatic rings. The Labute approximate surface area is 146 Å². The van der Waals surface area contributed by atoms with Crippen molar-refractivity contribution in [3.05, 3.63) is 58.4 Å². The Bertz CT molecular complexity index is 838. The Balaban J connectivity index is 1.98. The Morgan fingerprint density at radius 1 is 1.36 bits per heavy atom. The lowest BCUT2D eigenvalue weighted by atomic mass is 10.3. The first-order chi connectivity index (χ1) is 12.0. The molecule has 0 aliphatic heterocycles. The number of para-hydroxylation sites is 1. The summed E-state index contributed by atoms with van der Waals surface area (Å²) < 4.78 is 18.8. The third-order valence-corrected chi connectivity index (χ3v) is 3.88. The van der Waals surface area contributed by atoms with Crippen molar-refractivity contribution in [2.75, 3.05) is 17.7 Å².